The van der Waals surface area contributed by atoms with Gasteiger partial charge < -0.3 is 5.11 Å². The van der Waals surface area contributed by atoms with Gasteiger partial charge in [0.2, 0.25) is 0 Å². The van der Waals surface area contributed by atoms with E-state index in [-0.39, 0.29) is 5.54 Å². The molecule has 0 aromatic heterocycles. The monoisotopic (exact) mass is 183 g/mol. The summed E-state index contributed by atoms with van der Waals surface area (Å²) >= 11 is 0. The molecule has 0 spiro atoms. The van der Waals surface area contributed by atoms with Gasteiger partial charge in [-0.1, -0.05) is 26.2 Å². The van der Waals surface area contributed by atoms with E-state index in [2.05, 4.69) is 11.8 Å². The molecule has 76 valence electrons. The van der Waals surface area contributed by atoms with Crippen molar-refractivity contribution in [3.63, 3.8) is 0 Å². The molecule has 1 saturated carbocycles. The Kier molecular flexibility index (Phi) is 2.61. The Morgan fingerprint density at radius 1 is 1.23 bits per heavy atom. The number of hydrogen-bond donors (Lipinski definition) is 1. The third-order valence-corrected chi connectivity index (χ3v) is 3.81. The third kappa shape index (κ3) is 1.62. The molecule has 1 saturated heterocycles. The summed E-state index contributed by atoms with van der Waals surface area (Å²) in [5.74, 6) is 0.852. The molecule has 2 nitrogen and oxygen atoms in total. The molecule has 2 rings (SSSR count). The van der Waals surface area contributed by atoms with Crippen LogP contribution in [0.4, 0.5) is 0 Å². The molecule has 2 heteroatoms. The first-order valence-corrected chi connectivity index (χ1v) is 5.63. The van der Waals surface area contributed by atoms with E-state index in [1.54, 1.807) is 0 Å². The van der Waals surface area contributed by atoms with E-state index in [0.29, 0.717) is 6.61 Å². The second-order valence-electron chi connectivity index (χ2n) is 4.95. The van der Waals surface area contributed by atoms with Crippen LogP contribution in [-0.2, 0) is 0 Å². The molecule has 0 aromatic rings. The predicted molar refractivity (Wildman–Crippen MR) is 53.6 cm³/mol. The van der Waals surface area contributed by atoms with Gasteiger partial charge in [0, 0.05) is 18.6 Å². The van der Waals surface area contributed by atoms with Crippen molar-refractivity contribution >= 4 is 0 Å². The predicted octanol–water partition coefficient (Wildman–Crippen LogP) is 1.63. The highest BCUT2D eigenvalue weighted by molar-refractivity contribution is 4.97. The molecule has 1 N–H and O–H groups in total. The lowest BCUT2D eigenvalue weighted by atomic mass is 9.78. The molecule has 0 bridgehead atoms. The lowest BCUT2D eigenvalue weighted by Gasteiger charge is -2.52. The minimum absolute atomic E-state index is 0.185. The summed E-state index contributed by atoms with van der Waals surface area (Å²) in [5.41, 5.74) is 0.185. The molecule has 1 aliphatic heterocycles. The fourth-order valence-corrected chi connectivity index (χ4v) is 2.87. The summed E-state index contributed by atoms with van der Waals surface area (Å²) in [6.07, 6.45) is 6.43. The molecule has 0 unspecified atom stereocenters. The summed E-state index contributed by atoms with van der Waals surface area (Å²) in [6.45, 7) is 5.09. The van der Waals surface area contributed by atoms with Crippen molar-refractivity contribution in [2.24, 2.45) is 5.92 Å². The quantitative estimate of drug-likeness (QED) is 0.703. The third-order valence-electron chi connectivity index (χ3n) is 3.81. The van der Waals surface area contributed by atoms with Gasteiger partial charge in [-0.15, -0.1) is 0 Å². The van der Waals surface area contributed by atoms with E-state index in [0.717, 1.165) is 5.92 Å². The van der Waals surface area contributed by atoms with Crippen LogP contribution in [0, 0.1) is 5.92 Å². The van der Waals surface area contributed by atoms with Gasteiger partial charge in [-0.25, -0.2) is 0 Å². The van der Waals surface area contributed by atoms with E-state index in [1.807, 2.05) is 0 Å². The highest BCUT2D eigenvalue weighted by Crippen LogP contribution is 2.37. The number of aliphatic hydroxyl groups excluding tert-OH is 1. The molecule has 0 atom stereocenters. The van der Waals surface area contributed by atoms with E-state index in [4.69, 9.17) is 0 Å². The minimum Gasteiger partial charge on any atom is -0.394 e. The van der Waals surface area contributed by atoms with Crippen molar-refractivity contribution in [2.75, 3.05) is 19.7 Å². The molecule has 0 amide bonds. The van der Waals surface area contributed by atoms with Crippen LogP contribution in [0.15, 0.2) is 0 Å². The van der Waals surface area contributed by atoms with Crippen molar-refractivity contribution < 1.29 is 5.11 Å². The van der Waals surface area contributed by atoms with Gasteiger partial charge in [-0.05, 0) is 18.8 Å². The first-order valence-electron chi connectivity index (χ1n) is 5.63. The molecule has 1 aliphatic carbocycles. The Labute approximate surface area is 80.9 Å². The number of nitrogens with zero attached hydrogens (tertiary/aromatic N) is 1. The maximum absolute atomic E-state index is 9.52. The fourth-order valence-electron chi connectivity index (χ4n) is 2.87. The lowest BCUT2D eigenvalue weighted by molar-refractivity contribution is -0.0615. The largest absolute Gasteiger partial charge is 0.394 e. The zero-order chi connectivity index (χ0) is 9.31. The number of likely N-dealkylation sites (tertiary alicyclic amines) is 1. The lowest BCUT2D eigenvalue weighted by Crippen LogP contribution is -2.61. The molecule has 0 radical (unpaired) electrons. The smallest absolute Gasteiger partial charge is 0.0615 e. The molecule has 13 heavy (non-hydrogen) atoms. The SMILES string of the molecule is CC1CN(C2(CO)CCCCC2)C1. The standard InChI is InChI=1S/C11H21NO/c1-10-7-12(8-10)11(9-13)5-3-2-4-6-11/h10,13H,2-9H2,1H3. The molecule has 2 aliphatic rings. The van der Waals surface area contributed by atoms with E-state index >= 15 is 0 Å². The van der Waals surface area contributed by atoms with Crippen molar-refractivity contribution in [2.45, 2.75) is 44.6 Å². The van der Waals surface area contributed by atoms with Gasteiger partial charge in [0.1, 0.15) is 0 Å². The number of aliphatic hydroxyl groups is 1. The van der Waals surface area contributed by atoms with Crippen LogP contribution in [0.2, 0.25) is 0 Å². The van der Waals surface area contributed by atoms with Crippen LogP contribution in [0.25, 0.3) is 0 Å². The topological polar surface area (TPSA) is 23.5 Å². The van der Waals surface area contributed by atoms with Crippen molar-refractivity contribution in [1.82, 2.24) is 4.90 Å². The van der Waals surface area contributed by atoms with Crippen molar-refractivity contribution in [1.29, 1.82) is 0 Å². The van der Waals surface area contributed by atoms with Gasteiger partial charge >= 0.3 is 0 Å². The van der Waals surface area contributed by atoms with E-state index in [1.165, 1.54) is 45.2 Å². The molecule has 2 fully saturated rings. The van der Waals surface area contributed by atoms with Crippen molar-refractivity contribution in [3.8, 4) is 0 Å². The summed E-state index contributed by atoms with van der Waals surface area (Å²) in [6, 6.07) is 0. The molecule has 0 aromatic carbocycles. The zero-order valence-corrected chi connectivity index (χ0v) is 8.63. The Morgan fingerprint density at radius 3 is 2.31 bits per heavy atom. The van der Waals surface area contributed by atoms with Crippen LogP contribution in [0.3, 0.4) is 0 Å². The summed E-state index contributed by atoms with van der Waals surface area (Å²) in [4.78, 5) is 2.51. The first-order chi connectivity index (χ1) is 6.27. The Hall–Kier alpha value is -0.0800. The Morgan fingerprint density at radius 2 is 1.85 bits per heavy atom. The minimum atomic E-state index is 0.185. The van der Waals surface area contributed by atoms with Crippen LogP contribution in [0.5, 0.6) is 0 Å². The van der Waals surface area contributed by atoms with Gasteiger partial charge in [-0.3, -0.25) is 4.90 Å². The van der Waals surface area contributed by atoms with E-state index < -0.39 is 0 Å². The van der Waals surface area contributed by atoms with Crippen molar-refractivity contribution in [3.05, 3.63) is 0 Å². The van der Waals surface area contributed by atoms with Gasteiger partial charge in [0.25, 0.3) is 0 Å². The highest BCUT2D eigenvalue weighted by atomic mass is 16.3. The molecular formula is C11H21NO. The Bertz CT molecular complexity index is 169. The second kappa shape index (κ2) is 3.58. The normalized spacial score (nSPS) is 30.0. The first kappa shape index (κ1) is 9.47. The van der Waals surface area contributed by atoms with Gasteiger partial charge in [0.05, 0.1) is 6.61 Å². The average molecular weight is 183 g/mol. The summed E-state index contributed by atoms with van der Waals surface area (Å²) in [5, 5.41) is 9.52. The van der Waals surface area contributed by atoms with Gasteiger partial charge in [0.15, 0.2) is 0 Å². The maximum Gasteiger partial charge on any atom is 0.0615 e. The van der Waals surface area contributed by atoms with Crippen LogP contribution < -0.4 is 0 Å². The fraction of sp³-hybridized carbons (Fsp3) is 1.00. The van der Waals surface area contributed by atoms with Crippen LogP contribution in [-0.4, -0.2) is 35.2 Å². The Balaban J connectivity index is 1.97. The summed E-state index contributed by atoms with van der Waals surface area (Å²) < 4.78 is 0. The number of rotatable bonds is 2. The van der Waals surface area contributed by atoms with Crippen LogP contribution in [0.1, 0.15) is 39.0 Å². The average Bonchev–Trinajstić information content (AvgIpc) is 2.14. The highest BCUT2D eigenvalue weighted by Gasteiger charge is 2.42. The number of hydrogen-bond acceptors (Lipinski definition) is 2. The summed E-state index contributed by atoms with van der Waals surface area (Å²) in [7, 11) is 0. The van der Waals surface area contributed by atoms with Gasteiger partial charge in [-0.2, -0.15) is 0 Å². The van der Waals surface area contributed by atoms with E-state index in [9.17, 15) is 5.11 Å². The van der Waals surface area contributed by atoms with Crippen LogP contribution >= 0.6 is 0 Å². The molecular weight excluding hydrogens is 162 g/mol. The maximum atomic E-state index is 9.52. The zero-order valence-electron chi connectivity index (χ0n) is 8.63. The second-order valence-corrected chi connectivity index (χ2v) is 4.95. The molecule has 1 heterocycles.